The smallest absolute Gasteiger partial charge is 0.358 e. The van der Waals surface area contributed by atoms with Gasteiger partial charge in [0.1, 0.15) is 0 Å². The molecule has 7 nitrogen and oxygen atoms in total. The molecule has 16 heavy (non-hydrogen) atoms. The Hall–Kier alpha value is -1.47. The Labute approximate surface area is 93.1 Å². The summed E-state index contributed by atoms with van der Waals surface area (Å²) in [6.45, 7) is 4.86. The number of nitrogens with one attached hydrogen (secondary N) is 1. The topological polar surface area (TPSA) is 100 Å². The molecule has 0 aromatic carbocycles. The van der Waals surface area contributed by atoms with Crippen LogP contribution in [0.3, 0.4) is 0 Å². The van der Waals surface area contributed by atoms with Crippen molar-refractivity contribution in [2.45, 2.75) is 25.9 Å². The summed E-state index contributed by atoms with van der Waals surface area (Å²) in [6, 6.07) is 0. The second-order valence-corrected chi connectivity index (χ2v) is 4.14. The number of carbonyl (C=O) groups is 1. The number of aromatic nitrogens is 3. The summed E-state index contributed by atoms with van der Waals surface area (Å²) in [5.74, 6) is -1.09. The van der Waals surface area contributed by atoms with Gasteiger partial charge in [-0.1, -0.05) is 5.21 Å². The van der Waals surface area contributed by atoms with E-state index in [0.717, 1.165) is 0 Å². The molecule has 0 aliphatic heterocycles. The van der Waals surface area contributed by atoms with Gasteiger partial charge < -0.3 is 15.5 Å². The van der Waals surface area contributed by atoms with E-state index in [2.05, 4.69) is 15.6 Å². The molecular weight excluding hydrogens is 212 g/mol. The Morgan fingerprint density at radius 1 is 1.62 bits per heavy atom. The molecule has 0 bridgehead atoms. The zero-order valence-electron chi connectivity index (χ0n) is 9.34. The van der Waals surface area contributed by atoms with Gasteiger partial charge in [0.2, 0.25) is 0 Å². The van der Waals surface area contributed by atoms with Gasteiger partial charge >= 0.3 is 5.97 Å². The first-order valence-corrected chi connectivity index (χ1v) is 4.94. The number of nitrogens with zero attached hydrogens (tertiary/aromatic N) is 3. The van der Waals surface area contributed by atoms with E-state index in [0.29, 0.717) is 13.1 Å². The molecule has 1 aromatic rings. The molecule has 1 rings (SSSR count). The number of carboxylic acid groups (broad SMARTS) is 1. The van der Waals surface area contributed by atoms with Crippen molar-refractivity contribution in [2.24, 2.45) is 0 Å². The fourth-order valence-corrected chi connectivity index (χ4v) is 1.07. The molecule has 7 heteroatoms. The number of aliphatic hydroxyl groups excluding tert-OH is 1. The van der Waals surface area contributed by atoms with Crippen LogP contribution in [0.25, 0.3) is 0 Å². The fraction of sp³-hybridized carbons (Fsp3) is 0.667. The van der Waals surface area contributed by atoms with Crippen LogP contribution < -0.4 is 5.32 Å². The lowest BCUT2D eigenvalue weighted by Gasteiger charge is -2.23. The van der Waals surface area contributed by atoms with Gasteiger partial charge in [-0.25, -0.2) is 4.79 Å². The Kier molecular flexibility index (Phi) is 3.97. The van der Waals surface area contributed by atoms with Crippen molar-refractivity contribution >= 4 is 5.97 Å². The highest BCUT2D eigenvalue weighted by Gasteiger charge is 2.14. The molecule has 90 valence electrons. The van der Waals surface area contributed by atoms with Gasteiger partial charge in [-0.2, -0.15) is 0 Å². The molecule has 0 aliphatic carbocycles. The Morgan fingerprint density at radius 3 is 2.81 bits per heavy atom. The molecule has 0 atom stereocenters. The molecule has 3 N–H and O–H groups in total. The van der Waals surface area contributed by atoms with Crippen molar-refractivity contribution < 1.29 is 15.0 Å². The average Bonchev–Trinajstić information content (AvgIpc) is 2.66. The minimum Gasteiger partial charge on any atom is -0.476 e. The van der Waals surface area contributed by atoms with Crippen molar-refractivity contribution in [1.29, 1.82) is 0 Å². The molecule has 0 aliphatic rings. The lowest BCUT2D eigenvalue weighted by Crippen LogP contribution is -2.44. The summed E-state index contributed by atoms with van der Waals surface area (Å²) in [5.41, 5.74) is -0.419. The van der Waals surface area contributed by atoms with Gasteiger partial charge in [0.15, 0.2) is 5.69 Å². The molecule has 0 spiro atoms. The second-order valence-electron chi connectivity index (χ2n) is 4.14. The van der Waals surface area contributed by atoms with Gasteiger partial charge in [0.05, 0.1) is 19.3 Å². The predicted octanol–water partition coefficient (Wildman–Crippen LogP) is -0.663. The van der Waals surface area contributed by atoms with Crippen molar-refractivity contribution in [2.75, 3.05) is 13.2 Å². The monoisotopic (exact) mass is 228 g/mol. The Balaban J connectivity index is 2.40. The minimum absolute atomic E-state index is 0.0325. The summed E-state index contributed by atoms with van der Waals surface area (Å²) in [7, 11) is 0. The summed E-state index contributed by atoms with van der Waals surface area (Å²) in [5, 5.41) is 27.9. The van der Waals surface area contributed by atoms with E-state index >= 15 is 0 Å². The van der Waals surface area contributed by atoms with E-state index in [1.54, 1.807) is 0 Å². The van der Waals surface area contributed by atoms with Crippen LogP contribution in [0.1, 0.15) is 24.3 Å². The zero-order chi connectivity index (χ0) is 12.2. The standard InChI is InChI=1S/C9H16N4O3/c1-9(2,6-14)10-3-4-13-5-7(8(15)16)11-12-13/h5,10,14H,3-4,6H2,1-2H3,(H,15,16). The quantitative estimate of drug-likeness (QED) is 0.597. The molecule has 0 amide bonds. The summed E-state index contributed by atoms with van der Waals surface area (Å²) in [6.07, 6.45) is 1.37. The van der Waals surface area contributed by atoms with E-state index in [9.17, 15) is 4.79 Å². The third-order valence-electron chi connectivity index (χ3n) is 2.10. The maximum absolute atomic E-state index is 10.5. The lowest BCUT2D eigenvalue weighted by atomic mass is 10.1. The normalized spacial score (nSPS) is 11.7. The van der Waals surface area contributed by atoms with Gasteiger partial charge in [-0.3, -0.25) is 4.68 Å². The summed E-state index contributed by atoms with van der Waals surface area (Å²) < 4.78 is 1.45. The first kappa shape index (κ1) is 12.6. The van der Waals surface area contributed by atoms with Crippen LogP contribution in [0.15, 0.2) is 6.20 Å². The summed E-state index contributed by atoms with van der Waals surface area (Å²) >= 11 is 0. The number of carboxylic acids is 1. The maximum atomic E-state index is 10.5. The van der Waals surface area contributed by atoms with Crippen LogP contribution in [-0.4, -0.2) is 49.9 Å². The zero-order valence-corrected chi connectivity index (χ0v) is 9.34. The molecule has 1 aromatic heterocycles. The highest BCUT2D eigenvalue weighted by Crippen LogP contribution is 1.99. The lowest BCUT2D eigenvalue weighted by molar-refractivity contribution is 0.0690. The fourth-order valence-electron chi connectivity index (χ4n) is 1.07. The summed E-state index contributed by atoms with van der Waals surface area (Å²) in [4.78, 5) is 10.5. The molecule has 0 saturated carbocycles. The molecule has 0 saturated heterocycles. The van der Waals surface area contributed by atoms with Crippen LogP contribution in [-0.2, 0) is 6.54 Å². The Bertz CT molecular complexity index is 361. The first-order valence-electron chi connectivity index (χ1n) is 4.94. The number of aliphatic hydroxyl groups is 1. The molecule has 0 fully saturated rings. The SMILES string of the molecule is CC(C)(CO)NCCn1cc(C(=O)O)nn1. The van der Waals surface area contributed by atoms with Crippen LogP contribution in [0.4, 0.5) is 0 Å². The number of hydrogen-bond acceptors (Lipinski definition) is 5. The van der Waals surface area contributed by atoms with E-state index in [1.807, 2.05) is 13.8 Å². The largest absolute Gasteiger partial charge is 0.476 e. The van der Waals surface area contributed by atoms with Crippen LogP contribution in [0.2, 0.25) is 0 Å². The highest BCUT2D eigenvalue weighted by molar-refractivity contribution is 5.84. The highest BCUT2D eigenvalue weighted by atomic mass is 16.4. The van der Waals surface area contributed by atoms with Crippen molar-refractivity contribution in [3.05, 3.63) is 11.9 Å². The van der Waals surface area contributed by atoms with Gasteiger partial charge in [0, 0.05) is 12.1 Å². The molecule has 1 heterocycles. The molecule has 0 unspecified atom stereocenters. The number of aromatic carboxylic acids is 1. The van der Waals surface area contributed by atoms with Crippen molar-refractivity contribution in [3.63, 3.8) is 0 Å². The predicted molar refractivity (Wildman–Crippen MR) is 56.1 cm³/mol. The van der Waals surface area contributed by atoms with E-state index in [1.165, 1.54) is 10.9 Å². The third kappa shape index (κ3) is 3.59. The van der Waals surface area contributed by atoms with Crippen molar-refractivity contribution in [3.8, 4) is 0 Å². The van der Waals surface area contributed by atoms with E-state index in [-0.39, 0.29) is 17.8 Å². The number of rotatable bonds is 6. The second kappa shape index (κ2) is 5.04. The van der Waals surface area contributed by atoms with Crippen LogP contribution in [0.5, 0.6) is 0 Å². The van der Waals surface area contributed by atoms with E-state index in [4.69, 9.17) is 10.2 Å². The first-order chi connectivity index (χ1) is 7.44. The third-order valence-corrected chi connectivity index (χ3v) is 2.10. The van der Waals surface area contributed by atoms with Gasteiger partial charge in [-0.15, -0.1) is 5.10 Å². The van der Waals surface area contributed by atoms with Crippen LogP contribution in [0, 0.1) is 0 Å². The van der Waals surface area contributed by atoms with Gasteiger partial charge in [0.25, 0.3) is 0 Å². The average molecular weight is 228 g/mol. The maximum Gasteiger partial charge on any atom is 0.358 e. The molecule has 0 radical (unpaired) electrons. The van der Waals surface area contributed by atoms with E-state index < -0.39 is 5.97 Å². The number of hydrogen-bond donors (Lipinski definition) is 3. The van der Waals surface area contributed by atoms with Crippen molar-refractivity contribution in [1.82, 2.24) is 20.3 Å². The van der Waals surface area contributed by atoms with Crippen LogP contribution >= 0.6 is 0 Å². The van der Waals surface area contributed by atoms with Gasteiger partial charge in [-0.05, 0) is 13.8 Å². The molecular formula is C9H16N4O3. The Morgan fingerprint density at radius 2 is 2.31 bits per heavy atom. The minimum atomic E-state index is -1.09.